The smallest absolute Gasteiger partial charge is 0.194 e. The molecule has 23 heavy (non-hydrogen) atoms. The van der Waals surface area contributed by atoms with Crippen LogP contribution in [-0.4, -0.2) is 48.2 Å². The third kappa shape index (κ3) is 6.63. The molecule has 0 radical (unpaired) electrons. The van der Waals surface area contributed by atoms with Gasteiger partial charge in [0.05, 0.1) is 18.3 Å². The van der Waals surface area contributed by atoms with Crippen molar-refractivity contribution in [3.8, 4) is 0 Å². The summed E-state index contributed by atoms with van der Waals surface area (Å²) < 4.78 is 5.72. The normalized spacial score (nSPS) is 16.1. The molecule has 0 saturated carbocycles. The van der Waals surface area contributed by atoms with Gasteiger partial charge in [0.15, 0.2) is 5.96 Å². The Balaban J connectivity index is 0.00000264. The molecule has 1 aliphatic rings. The van der Waals surface area contributed by atoms with Crippen LogP contribution in [0, 0.1) is 6.92 Å². The molecule has 1 aliphatic heterocycles. The van der Waals surface area contributed by atoms with Gasteiger partial charge in [-0.1, -0.05) is 6.07 Å². The first-order valence-electron chi connectivity index (χ1n) is 8.30. The van der Waals surface area contributed by atoms with E-state index in [4.69, 9.17) is 9.73 Å². The van der Waals surface area contributed by atoms with E-state index in [0.717, 1.165) is 56.4 Å². The van der Waals surface area contributed by atoms with Crippen molar-refractivity contribution in [1.29, 1.82) is 0 Å². The maximum Gasteiger partial charge on any atom is 0.194 e. The van der Waals surface area contributed by atoms with Gasteiger partial charge in [0.1, 0.15) is 0 Å². The van der Waals surface area contributed by atoms with Gasteiger partial charge in [-0.25, -0.2) is 4.99 Å². The fourth-order valence-corrected chi connectivity index (χ4v) is 2.74. The Morgan fingerprint density at radius 1 is 1.35 bits per heavy atom. The molecule has 2 rings (SSSR count). The number of rotatable bonds is 5. The summed E-state index contributed by atoms with van der Waals surface area (Å²) >= 11 is 0. The van der Waals surface area contributed by atoms with Crippen LogP contribution in [0.3, 0.4) is 0 Å². The van der Waals surface area contributed by atoms with Gasteiger partial charge in [0.2, 0.25) is 0 Å². The number of pyridine rings is 1. The number of hydrogen-bond donors (Lipinski definition) is 1. The summed E-state index contributed by atoms with van der Waals surface area (Å²) in [5.74, 6) is 0.987. The van der Waals surface area contributed by atoms with Crippen molar-refractivity contribution < 1.29 is 4.74 Å². The summed E-state index contributed by atoms with van der Waals surface area (Å²) in [7, 11) is 0. The van der Waals surface area contributed by atoms with Gasteiger partial charge in [0, 0.05) is 31.9 Å². The average Bonchev–Trinajstić information content (AvgIpc) is 2.53. The van der Waals surface area contributed by atoms with Crippen molar-refractivity contribution >= 4 is 29.9 Å². The number of piperidine rings is 1. The standard InChI is InChI=1S/C17H28N4O.HI/c1-4-18-17(19-13-15-8-6-7-14(3)20-15)21-11-9-16(10-12-21)22-5-2;/h6-8,16H,4-5,9-13H2,1-3H3,(H,18,19);1H. The largest absolute Gasteiger partial charge is 0.378 e. The van der Waals surface area contributed by atoms with Gasteiger partial charge in [0.25, 0.3) is 0 Å². The van der Waals surface area contributed by atoms with Gasteiger partial charge in [-0.3, -0.25) is 4.98 Å². The van der Waals surface area contributed by atoms with Gasteiger partial charge in [-0.2, -0.15) is 0 Å². The molecule has 0 aliphatic carbocycles. The highest BCUT2D eigenvalue weighted by molar-refractivity contribution is 14.0. The Bertz CT molecular complexity index is 487. The van der Waals surface area contributed by atoms with Crippen molar-refractivity contribution in [2.75, 3.05) is 26.2 Å². The predicted octanol–water partition coefficient (Wildman–Crippen LogP) is 2.97. The number of hydrogen-bond acceptors (Lipinski definition) is 3. The number of nitrogens with zero attached hydrogens (tertiary/aromatic N) is 3. The lowest BCUT2D eigenvalue weighted by molar-refractivity contribution is 0.0263. The first-order valence-corrected chi connectivity index (χ1v) is 8.30. The summed E-state index contributed by atoms with van der Waals surface area (Å²) in [6.45, 7) is 10.5. The molecule has 1 fully saturated rings. The van der Waals surface area contributed by atoms with E-state index in [1.54, 1.807) is 0 Å². The van der Waals surface area contributed by atoms with Crippen LogP contribution in [0.25, 0.3) is 0 Å². The number of guanidine groups is 1. The van der Waals surface area contributed by atoms with Gasteiger partial charge >= 0.3 is 0 Å². The van der Waals surface area contributed by atoms with Crippen LogP contribution in [0.4, 0.5) is 0 Å². The third-order valence-corrected chi connectivity index (χ3v) is 3.82. The lowest BCUT2D eigenvalue weighted by Gasteiger charge is -2.34. The van der Waals surface area contributed by atoms with Gasteiger partial charge in [-0.05, 0) is 45.7 Å². The maximum atomic E-state index is 5.72. The maximum absolute atomic E-state index is 5.72. The Hall–Kier alpha value is -0.890. The van der Waals surface area contributed by atoms with Crippen molar-refractivity contribution in [2.24, 2.45) is 4.99 Å². The van der Waals surface area contributed by atoms with Crippen LogP contribution in [0.1, 0.15) is 38.1 Å². The fraction of sp³-hybridized carbons (Fsp3) is 0.647. The predicted molar refractivity (Wildman–Crippen MR) is 105 cm³/mol. The van der Waals surface area contributed by atoms with E-state index in [1.807, 2.05) is 25.1 Å². The highest BCUT2D eigenvalue weighted by Gasteiger charge is 2.21. The number of halogens is 1. The minimum absolute atomic E-state index is 0. The van der Waals surface area contributed by atoms with E-state index < -0.39 is 0 Å². The minimum Gasteiger partial charge on any atom is -0.378 e. The number of nitrogens with one attached hydrogen (secondary N) is 1. The second-order valence-electron chi connectivity index (χ2n) is 5.58. The molecule has 130 valence electrons. The van der Waals surface area contributed by atoms with E-state index in [9.17, 15) is 0 Å². The third-order valence-electron chi connectivity index (χ3n) is 3.82. The molecule has 0 amide bonds. The van der Waals surface area contributed by atoms with Crippen LogP contribution >= 0.6 is 24.0 Å². The van der Waals surface area contributed by atoms with E-state index >= 15 is 0 Å². The SMILES string of the molecule is CCNC(=NCc1cccc(C)n1)N1CCC(OCC)CC1.I. The van der Waals surface area contributed by atoms with E-state index in [0.29, 0.717) is 12.6 Å². The Morgan fingerprint density at radius 2 is 2.09 bits per heavy atom. The molecule has 1 aromatic heterocycles. The molecular formula is C17H29IN4O. The molecule has 0 aromatic carbocycles. The van der Waals surface area contributed by atoms with Crippen LogP contribution in [0.5, 0.6) is 0 Å². The molecule has 0 bridgehead atoms. The molecule has 0 atom stereocenters. The van der Waals surface area contributed by atoms with E-state index in [1.165, 1.54) is 0 Å². The molecule has 5 nitrogen and oxygen atoms in total. The second-order valence-corrected chi connectivity index (χ2v) is 5.58. The first kappa shape index (κ1) is 20.2. The fourth-order valence-electron chi connectivity index (χ4n) is 2.74. The second kappa shape index (κ2) is 10.8. The molecule has 0 spiro atoms. The molecule has 2 heterocycles. The molecule has 1 saturated heterocycles. The Labute approximate surface area is 156 Å². The molecule has 0 unspecified atom stereocenters. The molecule has 1 aromatic rings. The average molecular weight is 432 g/mol. The van der Waals surface area contributed by atoms with E-state index in [2.05, 4.69) is 29.0 Å². The van der Waals surface area contributed by atoms with Crippen molar-refractivity contribution in [3.05, 3.63) is 29.6 Å². The zero-order chi connectivity index (χ0) is 15.8. The van der Waals surface area contributed by atoms with Crippen LogP contribution in [0.15, 0.2) is 23.2 Å². The molecule has 6 heteroatoms. The van der Waals surface area contributed by atoms with E-state index in [-0.39, 0.29) is 24.0 Å². The molecular weight excluding hydrogens is 403 g/mol. The molecule has 1 N–H and O–H groups in total. The highest BCUT2D eigenvalue weighted by atomic mass is 127. The Kier molecular flexibility index (Phi) is 9.47. The first-order chi connectivity index (χ1) is 10.7. The van der Waals surface area contributed by atoms with Gasteiger partial charge < -0.3 is 15.0 Å². The zero-order valence-electron chi connectivity index (χ0n) is 14.4. The van der Waals surface area contributed by atoms with Crippen LogP contribution in [0.2, 0.25) is 0 Å². The topological polar surface area (TPSA) is 49.8 Å². The lowest BCUT2D eigenvalue weighted by atomic mass is 10.1. The van der Waals surface area contributed by atoms with Crippen molar-refractivity contribution in [1.82, 2.24) is 15.2 Å². The number of aromatic nitrogens is 1. The summed E-state index contributed by atoms with van der Waals surface area (Å²) in [6, 6.07) is 6.08. The number of aliphatic imine (C=N–C) groups is 1. The quantitative estimate of drug-likeness (QED) is 0.442. The summed E-state index contributed by atoms with van der Waals surface area (Å²) in [5.41, 5.74) is 2.05. The number of likely N-dealkylation sites (tertiary alicyclic amines) is 1. The number of ether oxygens (including phenoxy) is 1. The summed E-state index contributed by atoms with van der Waals surface area (Å²) in [4.78, 5) is 11.6. The van der Waals surface area contributed by atoms with Crippen LogP contribution < -0.4 is 5.32 Å². The minimum atomic E-state index is 0. The van der Waals surface area contributed by atoms with Crippen LogP contribution in [-0.2, 0) is 11.3 Å². The highest BCUT2D eigenvalue weighted by Crippen LogP contribution is 2.14. The van der Waals surface area contributed by atoms with Crippen molar-refractivity contribution in [2.45, 2.75) is 46.3 Å². The Morgan fingerprint density at radius 3 is 2.70 bits per heavy atom. The summed E-state index contributed by atoms with van der Waals surface area (Å²) in [6.07, 6.45) is 2.55. The van der Waals surface area contributed by atoms with Gasteiger partial charge in [-0.15, -0.1) is 24.0 Å². The number of aryl methyl sites for hydroxylation is 1. The lowest BCUT2D eigenvalue weighted by Crippen LogP contribution is -2.47. The summed E-state index contributed by atoms with van der Waals surface area (Å²) in [5, 5.41) is 3.39. The van der Waals surface area contributed by atoms with Crippen molar-refractivity contribution in [3.63, 3.8) is 0 Å². The monoisotopic (exact) mass is 432 g/mol. The zero-order valence-corrected chi connectivity index (χ0v) is 16.7.